The maximum atomic E-state index is 12.3. The maximum Gasteiger partial charge on any atom is 0.265 e. The first-order chi connectivity index (χ1) is 12.1. The molecule has 8 nitrogen and oxygen atoms in total. The summed E-state index contributed by atoms with van der Waals surface area (Å²) < 4.78 is 7.03. The first-order valence-electron chi connectivity index (χ1n) is 7.80. The molecule has 0 radical (unpaired) electrons. The Bertz CT molecular complexity index is 981. The van der Waals surface area contributed by atoms with E-state index in [9.17, 15) is 9.59 Å². The Morgan fingerprint density at radius 3 is 3.04 bits per heavy atom. The van der Waals surface area contributed by atoms with Gasteiger partial charge in [0, 0.05) is 5.69 Å². The van der Waals surface area contributed by atoms with E-state index in [1.807, 2.05) is 24.3 Å². The number of hydrogen-bond donors (Lipinski definition) is 2. The normalized spacial score (nSPS) is 16.0. The fourth-order valence-electron chi connectivity index (χ4n) is 2.66. The van der Waals surface area contributed by atoms with Crippen molar-refractivity contribution in [3.8, 4) is 5.75 Å². The van der Waals surface area contributed by atoms with Gasteiger partial charge in [0.15, 0.2) is 6.10 Å². The van der Waals surface area contributed by atoms with Crippen molar-refractivity contribution in [2.24, 2.45) is 0 Å². The second kappa shape index (κ2) is 5.90. The molecule has 2 aromatic carbocycles. The second-order valence-corrected chi connectivity index (χ2v) is 5.74. The molecule has 0 bridgehead atoms. The molecule has 1 aromatic heterocycles. The number of benzene rings is 2. The van der Waals surface area contributed by atoms with Crippen molar-refractivity contribution < 1.29 is 14.3 Å². The summed E-state index contributed by atoms with van der Waals surface area (Å²) in [6, 6.07) is 12.5. The lowest BCUT2D eigenvalue weighted by Gasteiger charge is -2.23. The summed E-state index contributed by atoms with van der Waals surface area (Å²) >= 11 is 0. The third-order valence-electron chi connectivity index (χ3n) is 3.91. The Morgan fingerprint density at radius 1 is 1.32 bits per heavy atom. The molecule has 8 heteroatoms. The smallest absolute Gasteiger partial charge is 0.265 e. The van der Waals surface area contributed by atoms with Crippen LogP contribution in [-0.4, -0.2) is 32.9 Å². The number of ether oxygens (including phenoxy) is 1. The SMILES string of the molecule is CC1Oc2ccc(NC(=O)Cn3nnc4ccccc43)cc2NC1=O. The van der Waals surface area contributed by atoms with Gasteiger partial charge < -0.3 is 15.4 Å². The summed E-state index contributed by atoms with van der Waals surface area (Å²) in [5.41, 5.74) is 2.62. The van der Waals surface area contributed by atoms with Crippen molar-refractivity contribution in [2.75, 3.05) is 10.6 Å². The highest BCUT2D eigenvalue weighted by Gasteiger charge is 2.23. The van der Waals surface area contributed by atoms with E-state index < -0.39 is 6.10 Å². The molecule has 0 fully saturated rings. The molecule has 1 aliphatic rings. The van der Waals surface area contributed by atoms with Crippen LogP contribution in [0.1, 0.15) is 6.92 Å². The van der Waals surface area contributed by atoms with Crippen molar-refractivity contribution >= 4 is 34.2 Å². The molecule has 0 saturated carbocycles. The molecule has 25 heavy (non-hydrogen) atoms. The summed E-state index contributed by atoms with van der Waals surface area (Å²) in [5.74, 6) is 0.115. The Balaban J connectivity index is 1.50. The quantitative estimate of drug-likeness (QED) is 0.759. The van der Waals surface area contributed by atoms with E-state index in [2.05, 4.69) is 20.9 Å². The molecule has 0 aliphatic carbocycles. The van der Waals surface area contributed by atoms with Crippen LogP contribution in [0.15, 0.2) is 42.5 Å². The predicted octanol–water partition coefficient (Wildman–Crippen LogP) is 1.79. The van der Waals surface area contributed by atoms with Gasteiger partial charge in [-0.25, -0.2) is 4.68 Å². The average Bonchev–Trinajstić information content (AvgIpc) is 2.99. The molecule has 3 aromatic rings. The van der Waals surface area contributed by atoms with Crippen LogP contribution in [0.25, 0.3) is 11.0 Å². The van der Waals surface area contributed by atoms with Crippen molar-refractivity contribution in [3.05, 3.63) is 42.5 Å². The molecule has 1 unspecified atom stereocenters. The topological polar surface area (TPSA) is 98.1 Å². The van der Waals surface area contributed by atoms with E-state index in [-0.39, 0.29) is 18.4 Å². The summed E-state index contributed by atoms with van der Waals surface area (Å²) in [4.78, 5) is 24.0. The van der Waals surface area contributed by atoms with E-state index >= 15 is 0 Å². The molecule has 0 saturated heterocycles. The lowest BCUT2D eigenvalue weighted by Crippen LogP contribution is -2.34. The zero-order chi connectivity index (χ0) is 17.4. The summed E-state index contributed by atoms with van der Waals surface area (Å²) in [7, 11) is 0. The van der Waals surface area contributed by atoms with Gasteiger partial charge in [-0.2, -0.15) is 0 Å². The van der Waals surface area contributed by atoms with E-state index in [0.717, 1.165) is 11.0 Å². The third-order valence-corrected chi connectivity index (χ3v) is 3.91. The van der Waals surface area contributed by atoms with Crippen LogP contribution >= 0.6 is 0 Å². The number of fused-ring (bicyclic) bond motifs is 2. The van der Waals surface area contributed by atoms with Gasteiger partial charge in [0.1, 0.15) is 17.8 Å². The Hall–Kier alpha value is -3.42. The molecule has 0 spiro atoms. The molecule has 4 rings (SSSR count). The minimum atomic E-state index is -0.534. The maximum absolute atomic E-state index is 12.3. The molecular weight excluding hydrogens is 322 g/mol. The molecule has 1 atom stereocenters. The second-order valence-electron chi connectivity index (χ2n) is 5.74. The number of nitrogens with zero attached hydrogens (tertiary/aromatic N) is 3. The van der Waals surface area contributed by atoms with Crippen molar-refractivity contribution in [2.45, 2.75) is 19.6 Å². The van der Waals surface area contributed by atoms with Crippen LogP contribution in [-0.2, 0) is 16.1 Å². The number of rotatable bonds is 3. The number of aromatic nitrogens is 3. The van der Waals surface area contributed by atoms with Gasteiger partial charge in [0.25, 0.3) is 5.91 Å². The molecule has 2 N–H and O–H groups in total. The highest BCUT2D eigenvalue weighted by atomic mass is 16.5. The summed E-state index contributed by atoms with van der Waals surface area (Å²) in [6.07, 6.45) is -0.534. The Labute approximate surface area is 142 Å². The van der Waals surface area contributed by atoms with Crippen LogP contribution in [0.5, 0.6) is 5.75 Å². The lowest BCUT2D eigenvalue weighted by molar-refractivity contribution is -0.122. The number of hydrogen-bond acceptors (Lipinski definition) is 5. The zero-order valence-electron chi connectivity index (χ0n) is 13.4. The molecular formula is C17H15N5O3. The molecule has 126 valence electrons. The Morgan fingerprint density at radius 2 is 2.16 bits per heavy atom. The standard InChI is InChI=1S/C17H15N5O3/c1-10-17(24)19-13-8-11(6-7-15(13)25-10)18-16(23)9-22-14-5-3-2-4-12(14)20-21-22/h2-8,10H,9H2,1H3,(H,18,23)(H,19,24). The van der Waals surface area contributed by atoms with E-state index in [4.69, 9.17) is 4.74 Å². The summed E-state index contributed by atoms with van der Waals surface area (Å²) in [5, 5.41) is 13.6. The average molecular weight is 337 g/mol. The monoisotopic (exact) mass is 337 g/mol. The van der Waals surface area contributed by atoms with Gasteiger partial charge in [0.2, 0.25) is 5.91 Å². The largest absolute Gasteiger partial charge is 0.479 e. The van der Waals surface area contributed by atoms with Crippen LogP contribution in [0.4, 0.5) is 11.4 Å². The number of nitrogens with one attached hydrogen (secondary N) is 2. The van der Waals surface area contributed by atoms with Gasteiger partial charge in [-0.3, -0.25) is 9.59 Å². The predicted molar refractivity (Wildman–Crippen MR) is 91.3 cm³/mol. The van der Waals surface area contributed by atoms with E-state index in [0.29, 0.717) is 17.1 Å². The Kier molecular flexibility index (Phi) is 3.57. The number of para-hydroxylation sites is 1. The fourth-order valence-corrected chi connectivity index (χ4v) is 2.66. The van der Waals surface area contributed by atoms with E-state index in [1.165, 1.54) is 4.68 Å². The highest BCUT2D eigenvalue weighted by Crippen LogP contribution is 2.32. The fraction of sp³-hybridized carbons (Fsp3) is 0.176. The number of carbonyl (C=O) groups is 2. The molecule has 2 amide bonds. The van der Waals surface area contributed by atoms with Crippen molar-refractivity contribution in [1.82, 2.24) is 15.0 Å². The zero-order valence-corrected chi connectivity index (χ0v) is 13.4. The van der Waals surface area contributed by atoms with Gasteiger partial charge in [-0.05, 0) is 37.3 Å². The van der Waals surface area contributed by atoms with Gasteiger partial charge in [-0.1, -0.05) is 17.3 Å². The minimum Gasteiger partial charge on any atom is -0.479 e. The van der Waals surface area contributed by atoms with Crippen LogP contribution in [0.2, 0.25) is 0 Å². The molecule has 1 aliphatic heterocycles. The third kappa shape index (κ3) is 2.89. The number of amides is 2. The highest BCUT2D eigenvalue weighted by molar-refractivity contribution is 5.99. The van der Waals surface area contributed by atoms with Crippen LogP contribution in [0.3, 0.4) is 0 Å². The van der Waals surface area contributed by atoms with Gasteiger partial charge >= 0.3 is 0 Å². The van der Waals surface area contributed by atoms with Crippen molar-refractivity contribution in [3.63, 3.8) is 0 Å². The minimum absolute atomic E-state index is 0.0392. The number of anilines is 2. The van der Waals surface area contributed by atoms with E-state index in [1.54, 1.807) is 25.1 Å². The van der Waals surface area contributed by atoms with Crippen molar-refractivity contribution in [1.29, 1.82) is 0 Å². The summed E-state index contributed by atoms with van der Waals surface area (Å²) in [6.45, 7) is 1.72. The first kappa shape index (κ1) is 15.1. The molecule has 2 heterocycles. The van der Waals surface area contributed by atoms with Crippen LogP contribution < -0.4 is 15.4 Å². The van der Waals surface area contributed by atoms with Crippen LogP contribution in [0, 0.1) is 0 Å². The van der Waals surface area contributed by atoms with Gasteiger partial charge in [0.05, 0.1) is 11.2 Å². The lowest BCUT2D eigenvalue weighted by atomic mass is 10.2. The number of carbonyl (C=O) groups excluding carboxylic acids is 2. The van der Waals surface area contributed by atoms with Gasteiger partial charge in [-0.15, -0.1) is 5.10 Å². The first-order valence-corrected chi connectivity index (χ1v) is 7.80.